The first-order valence-corrected chi connectivity index (χ1v) is 9.63. The molecule has 1 aliphatic heterocycles. The summed E-state index contributed by atoms with van der Waals surface area (Å²) in [7, 11) is 0. The van der Waals surface area contributed by atoms with E-state index in [1.54, 1.807) is 0 Å². The van der Waals surface area contributed by atoms with Crippen LogP contribution in [0.25, 0.3) is 0 Å². The van der Waals surface area contributed by atoms with Crippen LogP contribution in [0.3, 0.4) is 0 Å². The Balaban J connectivity index is 1.41. The highest BCUT2D eigenvalue weighted by molar-refractivity contribution is 5.47. The van der Waals surface area contributed by atoms with Crippen LogP contribution in [-0.4, -0.2) is 25.9 Å². The first kappa shape index (κ1) is 18.6. The molecule has 1 atom stereocenters. The van der Waals surface area contributed by atoms with Crippen LogP contribution >= 0.6 is 0 Å². The van der Waals surface area contributed by atoms with Gasteiger partial charge in [0.05, 0.1) is 12.7 Å². The van der Waals surface area contributed by atoms with Gasteiger partial charge in [-0.3, -0.25) is 0 Å². The second kappa shape index (κ2) is 10.1. The maximum atomic E-state index is 5.79. The summed E-state index contributed by atoms with van der Waals surface area (Å²) in [5.41, 5.74) is 2.31. The fraction of sp³-hybridized carbons (Fsp3) is 0.455. The number of benzene rings is 2. The molecular formula is C22H29NO3. The van der Waals surface area contributed by atoms with Crippen LogP contribution < -0.4 is 14.8 Å². The standard InChI is InChI=1S/C22H29NO3/c1-2-3-14-24-20-10-6-18(7-11-20)16-23-19-8-12-21(13-9-19)26-17-22-5-4-15-25-22/h6-13,22-23H,2-5,14-17H2,1H3. The first-order valence-electron chi connectivity index (χ1n) is 9.63. The lowest BCUT2D eigenvalue weighted by Gasteiger charge is -2.12. The Morgan fingerprint density at radius 1 is 1.00 bits per heavy atom. The molecule has 26 heavy (non-hydrogen) atoms. The topological polar surface area (TPSA) is 39.7 Å². The number of unbranched alkanes of at least 4 members (excludes halogenated alkanes) is 1. The van der Waals surface area contributed by atoms with Gasteiger partial charge < -0.3 is 19.5 Å². The minimum Gasteiger partial charge on any atom is -0.494 e. The molecule has 140 valence electrons. The highest BCUT2D eigenvalue weighted by atomic mass is 16.5. The SMILES string of the molecule is CCCCOc1ccc(CNc2ccc(OCC3CCCO3)cc2)cc1. The van der Waals surface area contributed by atoms with Gasteiger partial charge in [0.1, 0.15) is 18.1 Å². The van der Waals surface area contributed by atoms with Crippen molar-refractivity contribution in [1.29, 1.82) is 0 Å². The fourth-order valence-electron chi connectivity index (χ4n) is 2.88. The molecule has 1 aliphatic rings. The number of ether oxygens (including phenoxy) is 3. The third-order valence-electron chi connectivity index (χ3n) is 4.50. The van der Waals surface area contributed by atoms with Crippen molar-refractivity contribution < 1.29 is 14.2 Å². The largest absolute Gasteiger partial charge is 0.494 e. The fourth-order valence-corrected chi connectivity index (χ4v) is 2.88. The molecule has 2 aromatic rings. The van der Waals surface area contributed by atoms with Crippen molar-refractivity contribution in [3.63, 3.8) is 0 Å². The Morgan fingerprint density at radius 2 is 1.73 bits per heavy atom. The lowest BCUT2D eigenvalue weighted by molar-refractivity contribution is 0.0679. The van der Waals surface area contributed by atoms with Gasteiger partial charge in [-0.1, -0.05) is 25.5 Å². The van der Waals surface area contributed by atoms with Crippen molar-refractivity contribution in [3.8, 4) is 11.5 Å². The molecule has 0 aromatic heterocycles. The molecular weight excluding hydrogens is 326 g/mol. The van der Waals surface area contributed by atoms with Gasteiger partial charge in [0.25, 0.3) is 0 Å². The van der Waals surface area contributed by atoms with Gasteiger partial charge in [0.2, 0.25) is 0 Å². The number of hydrogen-bond donors (Lipinski definition) is 1. The van der Waals surface area contributed by atoms with Crippen molar-refractivity contribution in [3.05, 3.63) is 54.1 Å². The van der Waals surface area contributed by atoms with Gasteiger partial charge >= 0.3 is 0 Å². The second-order valence-corrected chi connectivity index (χ2v) is 6.67. The summed E-state index contributed by atoms with van der Waals surface area (Å²) < 4.78 is 17.1. The molecule has 1 fully saturated rings. The van der Waals surface area contributed by atoms with E-state index in [9.17, 15) is 0 Å². The Kier molecular flexibility index (Phi) is 7.20. The Labute approximate surface area is 156 Å². The van der Waals surface area contributed by atoms with Gasteiger partial charge in [0, 0.05) is 18.8 Å². The molecule has 4 heteroatoms. The average Bonchev–Trinajstić information content (AvgIpc) is 3.20. The molecule has 3 rings (SSSR count). The van der Waals surface area contributed by atoms with E-state index in [0.717, 1.165) is 62.6 Å². The smallest absolute Gasteiger partial charge is 0.119 e. The maximum absolute atomic E-state index is 5.79. The molecule has 0 radical (unpaired) electrons. The van der Waals surface area contributed by atoms with Crippen LogP contribution in [0.1, 0.15) is 38.2 Å². The summed E-state index contributed by atoms with van der Waals surface area (Å²) in [5, 5.41) is 3.44. The average molecular weight is 355 g/mol. The zero-order valence-electron chi connectivity index (χ0n) is 15.6. The van der Waals surface area contributed by atoms with Gasteiger partial charge in [0.15, 0.2) is 0 Å². The highest BCUT2D eigenvalue weighted by Crippen LogP contribution is 2.19. The van der Waals surface area contributed by atoms with E-state index >= 15 is 0 Å². The van der Waals surface area contributed by atoms with E-state index in [4.69, 9.17) is 14.2 Å². The van der Waals surface area contributed by atoms with Gasteiger partial charge in [-0.05, 0) is 61.2 Å². The summed E-state index contributed by atoms with van der Waals surface area (Å²) in [6.07, 6.45) is 4.74. The summed E-state index contributed by atoms with van der Waals surface area (Å²) in [5.74, 6) is 1.83. The number of nitrogens with one attached hydrogen (secondary N) is 1. The van der Waals surface area contributed by atoms with Crippen molar-refractivity contribution in [2.75, 3.05) is 25.1 Å². The zero-order chi connectivity index (χ0) is 18.0. The molecule has 4 nitrogen and oxygen atoms in total. The summed E-state index contributed by atoms with van der Waals surface area (Å²) in [6.45, 7) is 5.24. The van der Waals surface area contributed by atoms with Crippen molar-refractivity contribution in [1.82, 2.24) is 0 Å². The van der Waals surface area contributed by atoms with E-state index in [1.807, 2.05) is 36.4 Å². The molecule has 1 saturated heterocycles. The molecule has 0 amide bonds. The summed E-state index contributed by atoms with van der Waals surface area (Å²) in [4.78, 5) is 0. The lowest BCUT2D eigenvalue weighted by Crippen LogP contribution is -2.16. The van der Waals surface area contributed by atoms with Crippen LogP contribution in [-0.2, 0) is 11.3 Å². The number of hydrogen-bond acceptors (Lipinski definition) is 4. The van der Waals surface area contributed by atoms with E-state index in [-0.39, 0.29) is 6.10 Å². The van der Waals surface area contributed by atoms with Crippen LogP contribution in [0.4, 0.5) is 5.69 Å². The highest BCUT2D eigenvalue weighted by Gasteiger charge is 2.15. The molecule has 1 heterocycles. The van der Waals surface area contributed by atoms with E-state index in [0.29, 0.717) is 6.61 Å². The third-order valence-corrected chi connectivity index (χ3v) is 4.50. The van der Waals surface area contributed by atoms with Crippen molar-refractivity contribution >= 4 is 5.69 Å². The zero-order valence-corrected chi connectivity index (χ0v) is 15.6. The van der Waals surface area contributed by atoms with Crippen LogP contribution in [0.5, 0.6) is 11.5 Å². The van der Waals surface area contributed by atoms with E-state index < -0.39 is 0 Å². The lowest BCUT2D eigenvalue weighted by atomic mass is 10.2. The van der Waals surface area contributed by atoms with Crippen molar-refractivity contribution in [2.45, 2.75) is 45.3 Å². The second-order valence-electron chi connectivity index (χ2n) is 6.67. The summed E-state index contributed by atoms with van der Waals surface area (Å²) >= 11 is 0. The minimum absolute atomic E-state index is 0.252. The first-order chi connectivity index (χ1) is 12.8. The third kappa shape index (κ3) is 5.95. The van der Waals surface area contributed by atoms with Gasteiger partial charge in [-0.2, -0.15) is 0 Å². The molecule has 1 unspecified atom stereocenters. The number of rotatable bonds is 10. The van der Waals surface area contributed by atoms with Gasteiger partial charge in [-0.15, -0.1) is 0 Å². The minimum atomic E-state index is 0.252. The van der Waals surface area contributed by atoms with Crippen LogP contribution in [0.2, 0.25) is 0 Å². The molecule has 2 aromatic carbocycles. The molecule has 0 bridgehead atoms. The van der Waals surface area contributed by atoms with E-state index in [2.05, 4.69) is 24.4 Å². The Morgan fingerprint density at radius 3 is 2.42 bits per heavy atom. The quantitative estimate of drug-likeness (QED) is 0.606. The normalized spacial score (nSPS) is 16.4. The Bertz CT molecular complexity index is 633. The van der Waals surface area contributed by atoms with E-state index in [1.165, 1.54) is 5.56 Å². The van der Waals surface area contributed by atoms with Crippen LogP contribution in [0, 0.1) is 0 Å². The predicted molar refractivity (Wildman–Crippen MR) is 105 cm³/mol. The van der Waals surface area contributed by atoms with Gasteiger partial charge in [-0.25, -0.2) is 0 Å². The maximum Gasteiger partial charge on any atom is 0.119 e. The molecule has 0 saturated carbocycles. The Hall–Kier alpha value is -2.20. The van der Waals surface area contributed by atoms with Crippen molar-refractivity contribution in [2.24, 2.45) is 0 Å². The number of anilines is 1. The molecule has 0 aliphatic carbocycles. The molecule has 0 spiro atoms. The van der Waals surface area contributed by atoms with Crippen LogP contribution in [0.15, 0.2) is 48.5 Å². The monoisotopic (exact) mass is 355 g/mol. The predicted octanol–water partition coefficient (Wildman–Crippen LogP) is 5.04. The molecule has 1 N–H and O–H groups in total. The summed E-state index contributed by atoms with van der Waals surface area (Å²) in [6, 6.07) is 16.4.